The average Bonchev–Trinajstić information content (AvgIpc) is 2.25. The van der Waals surface area contributed by atoms with Gasteiger partial charge in [-0.3, -0.25) is 0 Å². The molecule has 2 nitrogen and oxygen atoms in total. The lowest BCUT2D eigenvalue weighted by Gasteiger charge is -2.14. The van der Waals surface area contributed by atoms with Crippen LogP contribution in [0.5, 0.6) is 5.75 Å². The molecule has 1 aromatic carbocycles. The zero-order chi connectivity index (χ0) is 12.1. The molecule has 0 bridgehead atoms. The lowest BCUT2D eigenvalue weighted by Crippen LogP contribution is -2.22. The van der Waals surface area contributed by atoms with Crippen molar-refractivity contribution in [3.8, 4) is 5.75 Å². The summed E-state index contributed by atoms with van der Waals surface area (Å²) >= 11 is 0. The van der Waals surface area contributed by atoms with Crippen LogP contribution in [-0.2, 0) is 6.42 Å². The lowest BCUT2D eigenvalue weighted by atomic mass is 10.0. The highest BCUT2D eigenvalue weighted by Gasteiger charge is 2.12. The Labute approximate surface area is 107 Å². The van der Waals surface area contributed by atoms with Crippen LogP contribution in [0.2, 0.25) is 0 Å². The summed E-state index contributed by atoms with van der Waals surface area (Å²) in [5, 5.41) is 0. The van der Waals surface area contributed by atoms with Crippen molar-refractivity contribution in [1.29, 1.82) is 0 Å². The van der Waals surface area contributed by atoms with Gasteiger partial charge in [-0.05, 0) is 31.4 Å². The van der Waals surface area contributed by atoms with Gasteiger partial charge < -0.3 is 10.5 Å². The summed E-state index contributed by atoms with van der Waals surface area (Å²) in [7, 11) is 0. The largest absolute Gasteiger partial charge is 0.493 e. The summed E-state index contributed by atoms with van der Waals surface area (Å²) in [5.41, 5.74) is 6.41. The number of ether oxygens (including phenoxy) is 1. The predicted molar refractivity (Wildman–Crippen MR) is 66.7 cm³/mol. The Balaban J connectivity index is 0.00000256. The van der Waals surface area contributed by atoms with Crippen LogP contribution in [0.3, 0.4) is 0 Å². The van der Waals surface area contributed by atoms with Crippen LogP contribution < -0.4 is 10.5 Å². The van der Waals surface area contributed by atoms with Crippen molar-refractivity contribution < 1.29 is 13.5 Å². The highest BCUT2D eigenvalue weighted by atomic mass is 35.5. The van der Waals surface area contributed by atoms with Gasteiger partial charge in [0.05, 0.1) is 6.61 Å². The first-order valence-electron chi connectivity index (χ1n) is 5.44. The van der Waals surface area contributed by atoms with E-state index in [0.29, 0.717) is 24.3 Å². The van der Waals surface area contributed by atoms with Crippen LogP contribution in [0.4, 0.5) is 8.78 Å². The van der Waals surface area contributed by atoms with Crippen molar-refractivity contribution in [1.82, 2.24) is 0 Å². The highest BCUT2D eigenvalue weighted by Crippen LogP contribution is 2.24. The van der Waals surface area contributed by atoms with Crippen LogP contribution >= 0.6 is 12.4 Å². The van der Waals surface area contributed by atoms with E-state index in [4.69, 9.17) is 10.5 Å². The van der Waals surface area contributed by atoms with Crippen molar-refractivity contribution >= 4 is 12.4 Å². The third kappa shape index (κ3) is 4.48. The van der Waals surface area contributed by atoms with Crippen molar-refractivity contribution in [2.24, 2.45) is 5.73 Å². The number of benzene rings is 1. The molecule has 0 saturated heterocycles. The molecule has 0 aliphatic carbocycles. The Morgan fingerprint density at radius 3 is 2.35 bits per heavy atom. The molecule has 2 N–H and O–H groups in total. The highest BCUT2D eigenvalue weighted by molar-refractivity contribution is 5.85. The van der Waals surface area contributed by atoms with Gasteiger partial charge in [0.25, 0.3) is 0 Å². The fourth-order valence-electron chi connectivity index (χ4n) is 1.45. The standard InChI is InChI=1S/C12H17F2NO.ClH/c1-3-9(15)5-8-6-10(13)11(14)7-12(8)16-4-2;/h6-7,9H,3-5,15H2,1-2H3;1H. The van der Waals surface area contributed by atoms with Gasteiger partial charge in [-0.2, -0.15) is 0 Å². The minimum Gasteiger partial charge on any atom is -0.493 e. The SMILES string of the molecule is CCOc1cc(F)c(F)cc1CC(N)CC.Cl. The number of nitrogens with two attached hydrogens (primary N) is 1. The maximum Gasteiger partial charge on any atom is 0.162 e. The molecule has 0 fully saturated rings. The molecule has 0 aromatic heterocycles. The average molecular weight is 266 g/mol. The molecule has 0 spiro atoms. The van der Waals surface area contributed by atoms with E-state index in [-0.39, 0.29) is 18.4 Å². The summed E-state index contributed by atoms with van der Waals surface area (Å²) in [5.74, 6) is -1.37. The first-order chi connectivity index (χ1) is 7.58. The van der Waals surface area contributed by atoms with Gasteiger partial charge in [0, 0.05) is 12.1 Å². The molecule has 5 heteroatoms. The van der Waals surface area contributed by atoms with Crippen molar-refractivity contribution in [3.05, 3.63) is 29.3 Å². The van der Waals surface area contributed by atoms with Crippen LogP contribution in [0.1, 0.15) is 25.8 Å². The molecule has 98 valence electrons. The fourth-order valence-corrected chi connectivity index (χ4v) is 1.45. The van der Waals surface area contributed by atoms with E-state index in [1.807, 2.05) is 6.92 Å². The Hall–Kier alpha value is -0.870. The Morgan fingerprint density at radius 2 is 1.82 bits per heavy atom. The van der Waals surface area contributed by atoms with Crippen molar-refractivity contribution in [2.75, 3.05) is 6.61 Å². The summed E-state index contributed by atoms with van der Waals surface area (Å²) in [4.78, 5) is 0. The smallest absolute Gasteiger partial charge is 0.162 e. The Bertz CT molecular complexity index is 361. The molecule has 0 radical (unpaired) electrons. The fraction of sp³-hybridized carbons (Fsp3) is 0.500. The second kappa shape index (κ2) is 7.45. The number of rotatable bonds is 5. The van der Waals surface area contributed by atoms with E-state index in [9.17, 15) is 8.78 Å². The molecule has 0 amide bonds. The monoisotopic (exact) mass is 265 g/mol. The molecule has 0 saturated carbocycles. The Morgan fingerprint density at radius 1 is 1.24 bits per heavy atom. The normalized spacial score (nSPS) is 11.8. The van der Waals surface area contributed by atoms with Crippen molar-refractivity contribution in [2.45, 2.75) is 32.7 Å². The first-order valence-corrected chi connectivity index (χ1v) is 5.44. The molecule has 0 aliphatic heterocycles. The van der Waals surface area contributed by atoms with E-state index in [0.717, 1.165) is 18.6 Å². The van der Waals surface area contributed by atoms with E-state index in [1.165, 1.54) is 0 Å². The summed E-state index contributed by atoms with van der Waals surface area (Å²) in [6.07, 6.45) is 1.27. The maximum atomic E-state index is 13.1. The van der Waals surface area contributed by atoms with Gasteiger partial charge in [0.2, 0.25) is 0 Å². The topological polar surface area (TPSA) is 35.2 Å². The number of halogens is 3. The zero-order valence-electron chi connectivity index (χ0n) is 10.0. The van der Waals surface area contributed by atoms with Gasteiger partial charge in [-0.25, -0.2) is 8.78 Å². The number of hydrogen-bond donors (Lipinski definition) is 1. The molecule has 1 rings (SSSR count). The molecule has 1 unspecified atom stereocenters. The van der Waals surface area contributed by atoms with E-state index >= 15 is 0 Å². The minimum absolute atomic E-state index is 0. The molecule has 17 heavy (non-hydrogen) atoms. The van der Waals surface area contributed by atoms with Crippen LogP contribution in [0, 0.1) is 11.6 Å². The summed E-state index contributed by atoms with van der Waals surface area (Å²) in [6, 6.07) is 2.18. The van der Waals surface area contributed by atoms with Crippen LogP contribution in [0.15, 0.2) is 12.1 Å². The molecule has 0 aliphatic rings. The third-order valence-corrected chi connectivity index (χ3v) is 2.41. The number of hydrogen-bond acceptors (Lipinski definition) is 2. The molecule has 0 heterocycles. The molecular weight excluding hydrogens is 248 g/mol. The Kier molecular flexibility index (Phi) is 7.07. The molecule has 1 aromatic rings. The minimum atomic E-state index is -0.891. The van der Waals surface area contributed by atoms with Gasteiger partial charge >= 0.3 is 0 Å². The van der Waals surface area contributed by atoms with Gasteiger partial charge in [-0.15, -0.1) is 12.4 Å². The quantitative estimate of drug-likeness (QED) is 0.888. The zero-order valence-corrected chi connectivity index (χ0v) is 10.8. The van der Waals surface area contributed by atoms with Gasteiger partial charge in [0.15, 0.2) is 11.6 Å². The molecular formula is C12H18ClF2NO. The van der Waals surface area contributed by atoms with Crippen molar-refractivity contribution in [3.63, 3.8) is 0 Å². The van der Waals surface area contributed by atoms with E-state index < -0.39 is 11.6 Å². The van der Waals surface area contributed by atoms with Crippen LogP contribution in [-0.4, -0.2) is 12.6 Å². The summed E-state index contributed by atoms with van der Waals surface area (Å²) < 4.78 is 31.4. The second-order valence-electron chi connectivity index (χ2n) is 3.68. The van der Waals surface area contributed by atoms with E-state index in [2.05, 4.69) is 0 Å². The first kappa shape index (κ1) is 16.1. The second-order valence-corrected chi connectivity index (χ2v) is 3.68. The lowest BCUT2D eigenvalue weighted by molar-refractivity contribution is 0.331. The third-order valence-electron chi connectivity index (χ3n) is 2.41. The molecule has 1 atom stereocenters. The van der Waals surface area contributed by atoms with Gasteiger partial charge in [-0.1, -0.05) is 6.92 Å². The van der Waals surface area contributed by atoms with Gasteiger partial charge in [0.1, 0.15) is 5.75 Å². The maximum absolute atomic E-state index is 13.1. The summed E-state index contributed by atoms with van der Waals surface area (Å²) in [6.45, 7) is 4.16. The predicted octanol–water partition coefficient (Wildman–Crippen LogP) is 3.07. The van der Waals surface area contributed by atoms with Crippen LogP contribution in [0.25, 0.3) is 0 Å². The van der Waals surface area contributed by atoms with E-state index in [1.54, 1.807) is 6.92 Å².